The number of hydrogen-bond donors (Lipinski definition) is 1. The minimum atomic E-state index is 0.455. The van der Waals surface area contributed by atoms with Crippen LogP contribution >= 0.6 is 27.5 Å². The molecule has 0 saturated heterocycles. The third kappa shape index (κ3) is 4.47. The fraction of sp³-hybridized carbons (Fsp3) is 0.267. The molecule has 3 nitrogen and oxygen atoms in total. The van der Waals surface area contributed by atoms with Crippen molar-refractivity contribution in [1.29, 1.82) is 0 Å². The molecule has 0 bridgehead atoms. The molecule has 2 rings (SSSR count). The molecular weight excluding hydrogens is 340 g/mol. The van der Waals surface area contributed by atoms with Gasteiger partial charge in [-0.25, -0.2) is 4.98 Å². The van der Waals surface area contributed by atoms with E-state index in [1.807, 2.05) is 24.4 Å². The van der Waals surface area contributed by atoms with Gasteiger partial charge in [0.1, 0.15) is 5.75 Å². The largest absolute Gasteiger partial charge is 0.438 e. The highest BCUT2D eigenvalue weighted by Gasteiger charge is 2.05. The standard InChI is InChI=1S/C15H16BrClN2O/c1-10(2)18-8-11-3-6-15(19-9-11)20-14-5-4-12(17)7-13(14)16/h3-7,9-10,18H,8H2,1-2H3. The van der Waals surface area contributed by atoms with E-state index in [9.17, 15) is 0 Å². The van der Waals surface area contributed by atoms with Gasteiger partial charge in [0.15, 0.2) is 0 Å². The number of benzene rings is 1. The van der Waals surface area contributed by atoms with E-state index in [0.29, 0.717) is 22.7 Å². The number of ether oxygens (including phenoxy) is 1. The van der Waals surface area contributed by atoms with E-state index in [4.69, 9.17) is 16.3 Å². The Balaban J connectivity index is 2.03. The summed E-state index contributed by atoms with van der Waals surface area (Å²) in [5, 5.41) is 4.00. The predicted molar refractivity (Wildman–Crippen MR) is 85.4 cm³/mol. The minimum Gasteiger partial charge on any atom is -0.438 e. The lowest BCUT2D eigenvalue weighted by atomic mass is 10.2. The van der Waals surface area contributed by atoms with Gasteiger partial charge in [0, 0.05) is 29.9 Å². The molecule has 0 aliphatic heterocycles. The second kappa shape index (κ2) is 7.07. The predicted octanol–water partition coefficient (Wildman–Crippen LogP) is 4.79. The highest BCUT2D eigenvalue weighted by atomic mass is 79.9. The smallest absolute Gasteiger partial charge is 0.219 e. The summed E-state index contributed by atoms with van der Waals surface area (Å²) in [5.74, 6) is 1.25. The Labute approximate surface area is 132 Å². The average molecular weight is 356 g/mol. The van der Waals surface area contributed by atoms with Gasteiger partial charge in [0.25, 0.3) is 0 Å². The first kappa shape index (κ1) is 15.3. The van der Waals surface area contributed by atoms with Crippen molar-refractivity contribution in [2.24, 2.45) is 0 Å². The Morgan fingerprint density at radius 1 is 1.30 bits per heavy atom. The molecule has 1 aromatic heterocycles. The molecule has 0 spiro atoms. The van der Waals surface area contributed by atoms with Crippen molar-refractivity contribution in [2.75, 3.05) is 0 Å². The SMILES string of the molecule is CC(C)NCc1ccc(Oc2ccc(Cl)cc2Br)nc1. The maximum Gasteiger partial charge on any atom is 0.219 e. The van der Waals surface area contributed by atoms with Gasteiger partial charge >= 0.3 is 0 Å². The van der Waals surface area contributed by atoms with Crippen LogP contribution in [0.25, 0.3) is 0 Å². The molecule has 0 saturated carbocycles. The first-order valence-corrected chi connectivity index (χ1v) is 7.53. The van der Waals surface area contributed by atoms with E-state index in [-0.39, 0.29) is 0 Å². The van der Waals surface area contributed by atoms with Crippen molar-refractivity contribution in [1.82, 2.24) is 10.3 Å². The number of rotatable bonds is 5. The molecule has 1 aromatic carbocycles. The Morgan fingerprint density at radius 3 is 2.70 bits per heavy atom. The van der Waals surface area contributed by atoms with Gasteiger partial charge in [-0.05, 0) is 39.7 Å². The van der Waals surface area contributed by atoms with Crippen molar-refractivity contribution in [3.63, 3.8) is 0 Å². The molecule has 0 unspecified atom stereocenters. The number of aromatic nitrogens is 1. The number of nitrogens with zero attached hydrogens (tertiary/aromatic N) is 1. The third-order valence-electron chi connectivity index (χ3n) is 2.62. The molecule has 106 valence electrons. The number of hydrogen-bond acceptors (Lipinski definition) is 3. The fourth-order valence-corrected chi connectivity index (χ4v) is 2.33. The maximum absolute atomic E-state index is 5.89. The Kier molecular flexibility index (Phi) is 5.40. The van der Waals surface area contributed by atoms with E-state index in [0.717, 1.165) is 16.6 Å². The molecule has 20 heavy (non-hydrogen) atoms. The first-order valence-electron chi connectivity index (χ1n) is 6.36. The van der Waals surface area contributed by atoms with Crippen molar-refractivity contribution >= 4 is 27.5 Å². The topological polar surface area (TPSA) is 34.1 Å². The highest BCUT2D eigenvalue weighted by Crippen LogP contribution is 2.31. The molecule has 0 amide bonds. The Morgan fingerprint density at radius 2 is 2.10 bits per heavy atom. The number of pyridine rings is 1. The molecule has 0 atom stereocenters. The Hall–Kier alpha value is -1.10. The van der Waals surface area contributed by atoms with Crippen molar-refractivity contribution < 1.29 is 4.74 Å². The lowest BCUT2D eigenvalue weighted by Crippen LogP contribution is -2.21. The molecule has 1 heterocycles. The summed E-state index contributed by atoms with van der Waals surface area (Å²) >= 11 is 9.31. The molecule has 1 N–H and O–H groups in total. The zero-order chi connectivity index (χ0) is 14.5. The van der Waals surface area contributed by atoms with Gasteiger partial charge in [-0.15, -0.1) is 0 Å². The van der Waals surface area contributed by atoms with Crippen LogP contribution in [0.4, 0.5) is 0 Å². The lowest BCUT2D eigenvalue weighted by molar-refractivity contribution is 0.459. The van der Waals surface area contributed by atoms with Crippen LogP contribution in [0, 0.1) is 0 Å². The quantitative estimate of drug-likeness (QED) is 0.837. The van der Waals surface area contributed by atoms with Crippen molar-refractivity contribution in [3.8, 4) is 11.6 Å². The molecule has 2 aromatic rings. The zero-order valence-electron chi connectivity index (χ0n) is 11.4. The van der Waals surface area contributed by atoms with Gasteiger partial charge in [0.05, 0.1) is 4.47 Å². The normalized spacial score (nSPS) is 10.8. The van der Waals surface area contributed by atoms with Crippen LogP contribution in [-0.4, -0.2) is 11.0 Å². The van der Waals surface area contributed by atoms with Gasteiger partial charge in [0.2, 0.25) is 5.88 Å². The minimum absolute atomic E-state index is 0.455. The average Bonchev–Trinajstić information content (AvgIpc) is 2.41. The van der Waals surface area contributed by atoms with Crippen molar-refractivity contribution in [2.45, 2.75) is 26.4 Å². The van der Waals surface area contributed by atoms with Gasteiger partial charge < -0.3 is 10.1 Å². The van der Waals surface area contributed by atoms with Crippen molar-refractivity contribution in [3.05, 3.63) is 51.6 Å². The molecular formula is C15H16BrClN2O. The summed E-state index contributed by atoms with van der Waals surface area (Å²) in [6, 6.07) is 9.69. The second-order valence-electron chi connectivity index (χ2n) is 4.72. The molecule has 0 aliphatic rings. The van der Waals surface area contributed by atoms with Crippen LogP contribution in [0.5, 0.6) is 11.6 Å². The van der Waals surface area contributed by atoms with Crippen LogP contribution in [0.1, 0.15) is 19.4 Å². The highest BCUT2D eigenvalue weighted by molar-refractivity contribution is 9.10. The van der Waals surface area contributed by atoms with Crippen LogP contribution in [-0.2, 0) is 6.54 Å². The maximum atomic E-state index is 5.89. The van der Waals surface area contributed by atoms with E-state index in [1.54, 1.807) is 12.1 Å². The second-order valence-corrected chi connectivity index (χ2v) is 6.01. The Bertz CT molecular complexity index is 573. The molecule has 0 fully saturated rings. The monoisotopic (exact) mass is 354 g/mol. The fourth-order valence-electron chi connectivity index (χ4n) is 1.57. The van der Waals surface area contributed by atoms with Crippen LogP contribution < -0.4 is 10.1 Å². The summed E-state index contributed by atoms with van der Waals surface area (Å²) < 4.78 is 6.51. The van der Waals surface area contributed by atoms with Gasteiger partial charge in [-0.1, -0.05) is 31.5 Å². The summed E-state index contributed by atoms with van der Waals surface area (Å²) in [5.41, 5.74) is 1.13. The summed E-state index contributed by atoms with van der Waals surface area (Å²) in [4.78, 5) is 4.30. The van der Waals surface area contributed by atoms with Gasteiger partial charge in [-0.2, -0.15) is 0 Å². The zero-order valence-corrected chi connectivity index (χ0v) is 13.7. The molecule has 0 aliphatic carbocycles. The van der Waals surface area contributed by atoms with Crippen LogP contribution in [0.2, 0.25) is 5.02 Å². The summed E-state index contributed by atoms with van der Waals surface area (Å²) in [7, 11) is 0. The number of halogens is 2. The molecule has 5 heteroatoms. The summed E-state index contributed by atoms with van der Waals surface area (Å²) in [6.07, 6.45) is 1.81. The van der Waals surface area contributed by atoms with E-state index >= 15 is 0 Å². The van der Waals surface area contributed by atoms with Crippen LogP contribution in [0.15, 0.2) is 41.0 Å². The van der Waals surface area contributed by atoms with E-state index < -0.39 is 0 Å². The first-order chi connectivity index (χ1) is 9.54. The van der Waals surface area contributed by atoms with Gasteiger partial charge in [-0.3, -0.25) is 0 Å². The van der Waals surface area contributed by atoms with E-state index in [1.165, 1.54) is 0 Å². The number of nitrogens with one attached hydrogen (secondary N) is 1. The third-order valence-corrected chi connectivity index (χ3v) is 3.48. The summed E-state index contributed by atoms with van der Waals surface area (Å²) in [6.45, 7) is 5.03. The van der Waals surface area contributed by atoms with E-state index in [2.05, 4.69) is 40.1 Å². The lowest BCUT2D eigenvalue weighted by Gasteiger charge is -2.09. The van der Waals surface area contributed by atoms with Crippen LogP contribution in [0.3, 0.4) is 0 Å². The molecule has 0 radical (unpaired) electrons.